The Morgan fingerprint density at radius 2 is 2.25 bits per heavy atom. The lowest BCUT2D eigenvalue weighted by atomic mass is 9.93. The van der Waals surface area contributed by atoms with Crippen LogP contribution in [0.4, 0.5) is 0 Å². The zero-order valence-electron chi connectivity index (χ0n) is 8.79. The summed E-state index contributed by atoms with van der Waals surface area (Å²) in [6.45, 7) is 0. The molecule has 82 valence electrons. The van der Waals surface area contributed by atoms with Crippen molar-refractivity contribution >= 4 is 21.9 Å². The number of carbonyl (C=O) groups is 1. The standard InChI is InChI=1S/C12H10BrNO2/c1-16-11(15)9-6-8(13)2-3-10(9)12(7-14)4-5-12/h2-3,6H,4-5H2,1H3. The predicted octanol–water partition coefficient (Wildman–Crippen LogP) is 2.79. The summed E-state index contributed by atoms with van der Waals surface area (Å²) in [6.07, 6.45) is 1.63. The van der Waals surface area contributed by atoms with Gasteiger partial charge in [-0.25, -0.2) is 4.79 Å². The van der Waals surface area contributed by atoms with Crippen LogP contribution >= 0.6 is 15.9 Å². The van der Waals surface area contributed by atoms with Crippen LogP contribution in [0.1, 0.15) is 28.8 Å². The van der Waals surface area contributed by atoms with Crippen LogP contribution in [0.5, 0.6) is 0 Å². The number of carbonyl (C=O) groups excluding carboxylic acids is 1. The van der Waals surface area contributed by atoms with E-state index in [-0.39, 0.29) is 0 Å². The molecule has 1 aromatic rings. The first-order valence-electron chi connectivity index (χ1n) is 4.92. The van der Waals surface area contributed by atoms with Gasteiger partial charge in [0.25, 0.3) is 0 Å². The molecule has 0 spiro atoms. The highest BCUT2D eigenvalue weighted by molar-refractivity contribution is 9.10. The first-order chi connectivity index (χ1) is 7.63. The lowest BCUT2D eigenvalue weighted by Crippen LogP contribution is -2.12. The van der Waals surface area contributed by atoms with Crippen LogP contribution in [0, 0.1) is 11.3 Å². The van der Waals surface area contributed by atoms with Crippen molar-refractivity contribution in [3.05, 3.63) is 33.8 Å². The second-order valence-corrected chi connectivity index (χ2v) is 4.79. The van der Waals surface area contributed by atoms with Gasteiger partial charge in [-0.2, -0.15) is 5.26 Å². The number of nitriles is 1. The Morgan fingerprint density at radius 1 is 1.56 bits per heavy atom. The van der Waals surface area contributed by atoms with E-state index in [4.69, 9.17) is 10.00 Å². The number of halogens is 1. The van der Waals surface area contributed by atoms with Crippen LogP contribution in [-0.2, 0) is 10.2 Å². The molecule has 0 unspecified atom stereocenters. The van der Waals surface area contributed by atoms with Crippen molar-refractivity contribution in [1.29, 1.82) is 5.26 Å². The van der Waals surface area contributed by atoms with Crippen molar-refractivity contribution in [1.82, 2.24) is 0 Å². The van der Waals surface area contributed by atoms with Crippen molar-refractivity contribution in [3.8, 4) is 6.07 Å². The van der Waals surface area contributed by atoms with Gasteiger partial charge in [0.05, 0.1) is 24.2 Å². The lowest BCUT2D eigenvalue weighted by molar-refractivity contribution is 0.0599. The molecule has 0 aromatic heterocycles. The normalized spacial score (nSPS) is 16.3. The molecule has 1 aliphatic rings. The number of methoxy groups -OCH3 is 1. The van der Waals surface area contributed by atoms with E-state index in [2.05, 4.69) is 22.0 Å². The summed E-state index contributed by atoms with van der Waals surface area (Å²) < 4.78 is 5.54. The van der Waals surface area contributed by atoms with Crippen LogP contribution in [0.25, 0.3) is 0 Å². The Morgan fingerprint density at radius 3 is 2.75 bits per heavy atom. The fraction of sp³-hybridized carbons (Fsp3) is 0.333. The van der Waals surface area contributed by atoms with Crippen molar-refractivity contribution in [2.24, 2.45) is 0 Å². The maximum atomic E-state index is 11.6. The zero-order valence-corrected chi connectivity index (χ0v) is 10.4. The Labute approximate surface area is 102 Å². The first-order valence-corrected chi connectivity index (χ1v) is 5.72. The topological polar surface area (TPSA) is 50.1 Å². The molecule has 1 aromatic carbocycles. The number of hydrogen-bond donors (Lipinski definition) is 0. The van der Waals surface area contributed by atoms with Crippen LogP contribution in [0.15, 0.2) is 22.7 Å². The molecule has 4 heteroatoms. The van der Waals surface area contributed by atoms with Crippen LogP contribution < -0.4 is 0 Å². The minimum Gasteiger partial charge on any atom is -0.465 e. The van der Waals surface area contributed by atoms with E-state index in [0.717, 1.165) is 22.9 Å². The Kier molecular flexibility index (Phi) is 2.73. The third-order valence-electron chi connectivity index (χ3n) is 2.87. The van der Waals surface area contributed by atoms with Gasteiger partial charge in [-0.15, -0.1) is 0 Å². The first kappa shape index (κ1) is 11.2. The summed E-state index contributed by atoms with van der Waals surface area (Å²) in [7, 11) is 1.35. The van der Waals surface area contributed by atoms with E-state index in [1.807, 2.05) is 12.1 Å². The van der Waals surface area contributed by atoms with Crippen LogP contribution in [0.3, 0.4) is 0 Å². The Hall–Kier alpha value is -1.34. The minimum absolute atomic E-state index is 0.391. The highest BCUT2D eigenvalue weighted by Crippen LogP contribution is 2.49. The van der Waals surface area contributed by atoms with E-state index in [1.54, 1.807) is 6.07 Å². The van der Waals surface area contributed by atoms with E-state index in [0.29, 0.717) is 5.56 Å². The quantitative estimate of drug-likeness (QED) is 0.783. The molecule has 0 aliphatic heterocycles. The third-order valence-corrected chi connectivity index (χ3v) is 3.36. The fourth-order valence-corrected chi connectivity index (χ4v) is 2.14. The van der Waals surface area contributed by atoms with Crippen molar-refractivity contribution in [3.63, 3.8) is 0 Å². The largest absolute Gasteiger partial charge is 0.465 e. The summed E-state index contributed by atoms with van der Waals surface area (Å²) in [5.74, 6) is -0.391. The molecule has 0 N–H and O–H groups in total. The molecule has 0 amide bonds. The van der Waals surface area contributed by atoms with Gasteiger partial charge < -0.3 is 4.74 Å². The molecule has 0 atom stereocenters. The minimum atomic E-state index is -0.468. The number of nitrogens with zero attached hydrogens (tertiary/aromatic N) is 1. The van der Waals surface area contributed by atoms with Gasteiger partial charge in [-0.05, 0) is 30.5 Å². The summed E-state index contributed by atoms with van der Waals surface area (Å²) in [4.78, 5) is 11.6. The van der Waals surface area contributed by atoms with Crippen LogP contribution in [0.2, 0.25) is 0 Å². The molecule has 0 saturated heterocycles. The van der Waals surface area contributed by atoms with Crippen molar-refractivity contribution in [2.75, 3.05) is 7.11 Å². The molecule has 16 heavy (non-hydrogen) atoms. The van der Waals surface area contributed by atoms with E-state index in [9.17, 15) is 4.79 Å². The number of hydrogen-bond acceptors (Lipinski definition) is 3. The van der Waals surface area contributed by atoms with Gasteiger partial charge in [-0.3, -0.25) is 0 Å². The highest BCUT2D eigenvalue weighted by Gasteiger charge is 2.47. The average molecular weight is 280 g/mol. The number of ether oxygens (including phenoxy) is 1. The second-order valence-electron chi connectivity index (χ2n) is 3.88. The SMILES string of the molecule is COC(=O)c1cc(Br)ccc1C1(C#N)CC1. The maximum absolute atomic E-state index is 11.6. The molecular formula is C12H10BrNO2. The zero-order chi connectivity index (χ0) is 11.8. The van der Waals surface area contributed by atoms with Crippen LogP contribution in [-0.4, -0.2) is 13.1 Å². The number of esters is 1. The molecule has 1 fully saturated rings. The second kappa shape index (κ2) is 3.91. The number of rotatable bonds is 2. The van der Waals surface area contributed by atoms with Crippen molar-refractivity contribution in [2.45, 2.75) is 18.3 Å². The van der Waals surface area contributed by atoms with Gasteiger partial charge >= 0.3 is 5.97 Å². The molecule has 1 aliphatic carbocycles. The fourth-order valence-electron chi connectivity index (χ4n) is 1.78. The predicted molar refractivity (Wildman–Crippen MR) is 62.0 cm³/mol. The molecule has 0 heterocycles. The smallest absolute Gasteiger partial charge is 0.338 e. The lowest BCUT2D eigenvalue weighted by Gasteiger charge is -2.11. The molecule has 2 rings (SSSR count). The summed E-state index contributed by atoms with van der Waals surface area (Å²) >= 11 is 3.31. The van der Waals surface area contributed by atoms with E-state index >= 15 is 0 Å². The van der Waals surface area contributed by atoms with Gasteiger partial charge in [0.15, 0.2) is 0 Å². The maximum Gasteiger partial charge on any atom is 0.338 e. The molecule has 0 bridgehead atoms. The summed E-state index contributed by atoms with van der Waals surface area (Å²) in [5.41, 5.74) is 0.797. The Balaban J connectivity index is 2.54. The molecular weight excluding hydrogens is 270 g/mol. The van der Waals surface area contributed by atoms with Gasteiger partial charge in [0.2, 0.25) is 0 Å². The summed E-state index contributed by atoms with van der Waals surface area (Å²) in [5, 5.41) is 9.14. The summed E-state index contributed by atoms with van der Waals surface area (Å²) in [6, 6.07) is 7.66. The van der Waals surface area contributed by atoms with Crippen molar-refractivity contribution < 1.29 is 9.53 Å². The molecule has 3 nitrogen and oxygen atoms in total. The average Bonchev–Trinajstić information content (AvgIpc) is 3.08. The van der Waals surface area contributed by atoms with E-state index in [1.165, 1.54) is 7.11 Å². The number of benzene rings is 1. The molecule has 0 radical (unpaired) electrons. The van der Waals surface area contributed by atoms with Gasteiger partial charge in [-0.1, -0.05) is 22.0 Å². The van der Waals surface area contributed by atoms with Gasteiger partial charge in [0, 0.05) is 4.47 Å². The van der Waals surface area contributed by atoms with E-state index < -0.39 is 11.4 Å². The van der Waals surface area contributed by atoms with Gasteiger partial charge in [0.1, 0.15) is 0 Å². The monoisotopic (exact) mass is 279 g/mol. The third kappa shape index (κ3) is 1.72. The Bertz CT molecular complexity index is 486. The highest BCUT2D eigenvalue weighted by atomic mass is 79.9. The molecule has 1 saturated carbocycles.